The molecule has 3 aliphatic rings. The SMILES string of the molecule is C=C1C[C@@H](CCC(=O)Nc2cc(C)ccn2)C2C3CCc4ccccc4C3CC[C@]12C. The third kappa shape index (κ3) is 3.62. The lowest BCUT2D eigenvalue weighted by Crippen LogP contribution is -2.42. The summed E-state index contributed by atoms with van der Waals surface area (Å²) in [5.41, 5.74) is 5.94. The normalized spacial score (nSPS) is 31.5. The highest BCUT2D eigenvalue weighted by Crippen LogP contribution is 2.65. The number of carbonyl (C=O) groups excluding carboxylic acids is 1. The second kappa shape index (κ2) is 7.93. The highest BCUT2D eigenvalue weighted by Gasteiger charge is 2.55. The van der Waals surface area contributed by atoms with E-state index in [4.69, 9.17) is 0 Å². The van der Waals surface area contributed by atoms with Crippen LogP contribution >= 0.6 is 0 Å². The van der Waals surface area contributed by atoms with E-state index in [1.807, 2.05) is 19.1 Å². The van der Waals surface area contributed by atoms with Crippen molar-refractivity contribution in [3.05, 3.63) is 71.4 Å². The first-order valence-corrected chi connectivity index (χ1v) is 11.9. The average molecular weight is 415 g/mol. The molecule has 2 aromatic rings. The summed E-state index contributed by atoms with van der Waals surface area (Å²) in [5.74, 6) is 3.36. The van der Waals surface area contributed by atoms with Gasteiger partial charge in [-0.25, -0.2) is 4.98 Å². The standard InChI is InChI=1S/C28H34N2O/c1-18-13-15-29-25(16-18)30-26(31)11-9-21-17-19(2)28(3)14-12-23-22-7-5-4-6-20(22)8-10-24(23)27(21)28/h4-7,13,15-16,21,23-24,27H,2,8-12,14,17H2,1,3H3,(H,29,30,31)/t21-,23?,24?,27?,28-/m1/s1. The molecule has 3 heteroatoms. The van der Waals surface area contributed by atoms with Gasteiger partial charge < -0.3 is 5.32 Å². The van der Waals surface area contributed by atoms with Crippen molar-refractivity contribution in [2.24, 2.45) is 23.2 Å². The Morgan fingerprint density at radius 2 is 2.10 bits per heavy atom. The van der Waals surface area contributed by atoms with Gasteiger partial charge >= 0.3 is 0 Å². The Balaban J connectivity index is 1.32. The number of rotatable bonds is 4. The highest BCUT2D eigenvalue weighted by molar-refractivity contribution is 5.89. The Hall–Kier alpha value is -2.42. The van der Waals surface area contributed by atoms with E-state index in [2.05, 4.69) is 48.1 Å². The summed E-state index contributed by atoms with van der Waals surface area (Å²) >= 11 is 0. The molecule has 1 aromatic carbocycles. The van der Waals surface area contributed by atoms with E-state index in [0.717, 1.165) is 24.3 Å². The minimum Gasteiger partial charge on any atom is -0.311 e. The molecule has 0 radical (unpaired) electrons. The Morgan fingerprint density at radius 1 is 1.26 bits per heavy atom. The van der Waals surface area contributed by atoms with Crippen molar-refractivity contribution in [3.8, 4) is 0 Å². The van der Waals surface area contributed by atoms with E-state index in [1.165, 1.54) is 31.3 Å². The molecule has 0 aliphatic heterocycles. The van der Waals surface area contributed by atoms with Gasteiger partial charge in [0.15, 0.2) is 0 Å². The van der Waals surface area contributed by atoms with Crippen LogP contribution < -0.4 is 5.32 Å². The molecule has 31 heavy (non-hydrogen) atoms. The smallest absolute Gasteiger partial charge is 0.225 e. The molecule has 2 fully saturated rings. The van der Waals surface area contributed by atoms with Crippen LogP contribution in [-0.2, 0) is 11.2 Å². The summed E-state index contributed by atoms with van der Waals surface area (Å²) in [6.07, 6.45) is 9.34. The number of nitrogens with one attached hydrogen (secondary N) is 1. The molecule has 1 heterocycles. The van der Waals surface area contributed by atoms with Gasteiger partial charge in [-0.15, -0.1) is 0 Å². The number of benzene rings is 1. The molecule has 5 rings (SSSR count). The maximum absolute atomic E-state index is 12.7. The predicted octanol–water partition coefficient (Wildman–Crippen LogP) is 6.45. The number of aryl methyl sites for hydroxylation is 2. The first kappa shape index (κ1) is 20.5. The van der Waals surface area contributed by atoms with Crippen LogP contribution in [0, 0.1) is 30.1 Å². The van der Waals surface area contributed by atoms with E-state index in [-0.39, 0.29) is 11.3 Å². The quantitative estimate of drug-likeness (QED) is 0.584. The Bertz CT molecular complexity index is 1010. The number of fused-ring (bicyclic) bond motifs is 5. The fourth-order valence-electron chi connectivity index (χ4n) is 7.14. The molecule has 3 nitrogen and oxygen atoms in total. The van der Waals surface area contributed by atoms with Crippen molar-refractivity contribution < 1.29 is 4.79 Å². The third-order valence-electron chi connectivity index (χ3n) is 8.64. The minimum atomic E-state index is 0.0821. The number of hydrogen-bond acceptors (Lipinski definition) is 2. The minimum absolute atomic E-state index is 0.0821. The maximum Gasteiger partial charge on any atom is 0.225 e. The van der Waals surface area contributed by atoms with Gasteiger partial charge in [0.25, 0.3) is 0 Å². The maximum atomic E-state index is 12.7. The van der Waals surface area contributed by atoms with Gasteiger partial charge in [-0.05, 0) is 103 Å². The van der Waals surface area contributed by atoms with Gasteiger partial charge in [-0.3, -0.25) is 4.79 Å². The molecular weight excluding hydrogens is 380 g/mol. The first-order chi connectivity index (χ1) is 15.0. The average Bonchev–Trinajstić information content (AvgIpc) is 3.02. The molecule has 3 unspecified atom stereocenters. The van der Waals surface area contributed by atoms with Gasteiger partial charge in [0.05, 0.1) is 0 Å². The largest absolute Gasteiger partial charge is 0.311 e. The number of carbonyl (C=O) groups is 1. The van der Waals surface area contributed by atoms with Crippen LogP contribution in [0.25, 0.3) is 0 Å². The van der Waals surface area contributed by atoms with Crippen molar-refractivity contribution in [1.29, 1.82) is 0 Å². The van der Waals surface area contributed by atoms with E-state index >= 15 is 0 Å². The molecule has 1 amide bonds. The fourth-order valence-corrected chi connectivity index (χ4v) is 7.14. The summed E-state index contributed by atoms with van der Waals surface area (Å²) in [5, 5.41) is 3.00. The third-order valence-corrected chi connectivity index (χ3v) is 8.64. The lowest BCUT2D eigenvalue weighted by molar-refractivity contribution is -0.116. The van der Waals surface area contributed by atoms with Crippen LogP contribution in [0.2, 0.25) is 0 Å². The molecule has 2 saturated carbocycles. The van der Waals surface area contributed by atoms with Crippen molar-refractivity contribution >= 4 is 11.7 Å². The second-order valence-electron chi connectivity index (χ2n) is 10.4. The molecule has 3 aliphatic carbocycles. The van der Waals surface area contributed by atoms with E-state index in [9.17, 15) is 4.79 Å². The van der Waals surface area contributed by atoms with Gasteiger partial charge in [-0.2, -0.15) is 0 Å². The van der Waals surface area contributed by atoms with Crippen LogP contribution in [-0.4, -0.2) is 10.9 Å². The summed E-state index contributed by atoms with van der Waals surface area (Å²) in [7, 11) is 0. The van der Waals surface area contributed by atoms with Crippen molar-refractivity contribution in [2.75, 3.05) is 5.32 Å². The zero-order valence-corrected chi connectivity index (χ0v) is 18.9. The Labute approximate surface area is 186 Å². The summed E-state index contributed by atoms with van der Waals surface area (Å²) in [4.78, 5) is 17.0. The predicted molar refractivity (Wildman–Crippen MR) is 126 cm³/mol. The van der Waals surface area contributed by atoms with Crippen molar-refractivity contribution in [3.63, 3.8) is 0 Å². The molecule has 5 atom stereocenters. The Morgan fingerprint density at radius 3 is 2.94 bits per heavy atom. The van der Waals surface area contributed by atoms with Crippen molar-refractivity contribution in [2.45, 2.75) is 64.7 Å². The number of amides is 1. The van der Waals surface area contributed by atoms with Gasteiger partial charge in [0.1, 0.15) is 5.82 Å². The van der Waals surface area contributed by atoms with E-state index in [0.29, 0.717) is 30.0 Å². The molecule has 0 spiro atoms. The van der Waals surface area contributed by atoms with Crippen LogP contribution in [0.5, 0.6) is 0 Å². The molecule has 162 valence electrons. The van der Waals surface area contributed by atoms with Gasteiger partial charge in [0, 0.05) is 12.6 Å². The van der Waals surface area contributed by atoms with Crippen LogP contribution in [0.15, 0.2) is 54.7 Å². The summed E-state index contributed by atoms with van der Waals surface area (Å²) < 4.78 is 0. The molecular formula is C28H34N2O. The fraction of sp³-hybridized carbons (Fsp3) is 0.500. The number of aromatic nitrogens is 1. The Kier molecular flexibility index (Phi) is 5.24. The zero-order valence-electron chi connectivity index (χ0n) is 18.9. The highest BCUT2D eigenvalue weighted by atomic mass is 16.1. The number of allylic oxidation sites excluding steroid dienone is 1. The lowest BCUT2D eigenvalue weighted by atomic mass is 9.53. The summed E-state index contributed by atoms with van der Waals surface area (Å²) in [6.45, 7) is 9.02. The number of anilines is 1. The topological polar surface area (TPSA) is 42.0 Å². The zero-order chi connectivity index (χ0) is 21.6. The van der Waals surface area contributed by atoms with Crippen LogP contribution in [0.1, 0.15) is 68.1 Å². The number of pyridine rings is 1. The molecule has 0 saturated heterocycles. The molecule has 1 aromatic heterocycles. The monoisotopic (exact) mass is 414 g/mol. The van der Waals surface area contributed by atoms with Gasteiger partial charge in [-0.1, -0.05) is 43.3 Å². The van der Waals surface area contributed by atoms with Crippen LogP contribution in [0.3, 0.4) is 0 Å². The first-order valence-electron chi connectivity index (χ1n) is 11.9. The molecule has 1 N–H and O–H groups in total. The van der Waals surface area contributed by atoms with Gasteiger partial charge in [0.2, 0.25) is 5.91 Å². The van der Waals surface area contributed by atoms with E-state index < -0.39 is 0 Å². The lowest BCUT2D eigenvalue weighted by Gasteiger charge is -2.51. The number of hydrogen-bond donors (Lipinski definition) is 1. The van der Waals surface area contributed by atoms with Crippen LogP contribution in [0.4, 0.5) is 5.82 Å². The van der Waals surface area contributed by atoms with Crippen molar-refractivity contribution in [1.82, 2.24) is 4.98 Å². The van der Waals surface area contributed by atoms with E-state index in [1.54, 1.807) is 17.3 Å². The number of nitrogens with zero attached hydrogens (tertiary/aromatic N) is 1. The molecule has 0 bridgehead atoms. The summed E-state index contributed by atoms with van der Waals surface area (Å²) in [6, 6.07) is 13.0. The second-order valence-corrected chi connectivity index (χ2v) is 10.4.